The van der Waals surface area contributed by atoms with Crippen molar-refractivity contribution in [2.45, 2.75) is 26.8 Å². The molecule has 1 aliphatic heterocycles. The first-order valence-corrected chi connectivity index (χ1v) is 11.3. The Labute approximate surface area is 195 Å². The first kappa shape index (κ1) is 22.5. The molecular weight excluding hydrogens is 440 g/mol. The second kappa shape index (κ2) is 9.07. The lowest BCUT2D eigenvalue weighted by atomic mass is 9.95. The molecule has 1 atom stereocenters. The number of amides is 1. The van der Waals surface area contributed by atoms with Crippen LogP contribution >= 0.6 is 11.3 Å². The highest BCUT2D eigenvalue weighted by atomic mass is 32.1. The summed E-state index contributed by atoms with van der Waals surface area (Å²) in [5.74, 6) is -0.437. The molecule has 4 rings (SSSR count). The molecule has 3 aromatic rings. The minimum Gasteiger partial charge on any atom is -0.507 e. The zero-order valence-corrected chi connectivity index (χ0v) is 19.6. The van der Waals surface area contributed by atoms with E-state index in [1.165, 1.54) is 16.2 Å². The maximum Gasteiger partial charge on any atom is 0.301 e. The summed E-state index contributed by atoms with van der Waals surface area (Å²) < 4.78 is 10.7. The third-order valence-corrected chi connectivity index (χ3v) is 6.61. The van der Waals surface area contributed by atoms with Gasteiger partial charge in [-0.25, -0.2) is 4.98 Å². The number of carbonyl (C=O) groups excluding carboxylic acids is 2. The maximum absolute atomic E-state index is 13.2. The molecule has 2 heterocycles. The SMILES string of the molecule is CCOc1ccc(/C(O)=C2\C(=O)C(=O)N(c3nc(C)c(C)s3)C2c2ccc(OC)cc2)cc1. The lowest BCUT2D eigenvalue weighted by Crippen LogP contribution is -2.29. The minimum absolute atomic E-state index is 0.0137. The molecule has 1 aliphatic rings. The van der Waals surface area contributed by atoms with Gasteiger partial charge in [0.2, 0.25) is 0 Å². The van der Waals surface area contributed by atoms with Gasteiger partial charge in [-0.3, -0.25) is 14.5 Å². The van der Waals surface area contributed by atoms with Crippen molar-refractivity contribution in [2.24, 2.45) is 0 Å². The van der Waals surface area contributed by atoms with Crippen LogP contribution < -0.4 is 14.4 Å². The van der Waals surface area contributed by atoms with Gasteiger partial charge in [0.15, 0.2) is 5.13 Å². The molecule has 7 nitrogen and oxygen atoms in total. The van der Waals surface area contributed by atoms with Gasteiger partial charge < -0.3 is 14.6 Å². The van der Waals surface area contributed by atoms with Crippen LogP contribution in [0.1, 0.15) is 34.7 Å². The molecule has 1 unspecified atom stereocenters. The van der Waals surface area contributed by atoms with Crippen LogP contribution in [0.5, 0.6) is 11.5 Å². The summed E-state index contributed by atoms with van der Waals surface area (Å²) in [7, 11) is 1.56. The Morgan fingerprint density at radius 1 is 1.06 bits per heavy atom. The number of thiazole rings is 1. The van der Waals surface area contributed by atoms with Crippen LogP contribution in [-0.2, 0) is 9.59 Å². The highest BCUT2D eigenvalue weighted by Gasteiger charge is 2.48. The van der Waals surface area contributed by atoms with E-state index in [-0.39, 0.29) is 11.3 Å². The van der Waals surface area contributed by atoms with Gasteiger partial charge in [-0.05, 0) is 62.7 Å². The van der Waals surface area contributed by atoms with Gasteiger partial charge in [0, 0.05) is 10.4 Å². The number of ketones is 1. The van der Waals surface area contributed by atoms with Gasteiger partial charge in [0.05, 0.1) is 31.0 Å². The molecule has 33 heavy (non-hydrogen) atoms. The van der Waals surface area contributed by atoms with E-state index < -0.39 is 17.7 Å². The van der Waals surface area contributed by atoms with Gasteiger partial charge in [-0.2, -0.15) is 0 Å². The molecule has 170 valence electrons. The van der Waals surface area contributed by atoms with Crippen LogP contribution in [0.25, 0.3) is 5.76 Å². The van der Waals surface area contributed by atoms with Gasteiger partial charge in [0.25, 0.3) is 5.78 Å². The number of carbonyl (C=O) groups is 2. The monoisotopic (exact) mass is 464 g/mol. The number of hydrogen-bond acceptors (Lipinski definition) is 7. The highest BCUT2D eigenvalue weighted by molar-refractivity contribution is 7.16. The number of aliphatic hydroxyl groups excluding tert-OH is 1. The molecule has 1 amide bonds. The third kappa shape index (κ3) is 4.09. The summed E-state index contributed by atoms with van der Waals surface area (Å²) in [5.41, 5.74) is 1.88. The van der Waals surface area contributed by atoms with Crippen molar-refractivity contribution in [3.8, 4) is 11.5 Å². The van der Waals surface area contributed by atoms with Crippen molar-refractivity contribution in [1.82, 2.24) is 4.98 Å². The average molecular weight is 465 g/mol. The zero-order chi connectivity index (χ0) is 23.7. The summed E-state index contributed by atoms with van der Waals surface area (Å²) >= 11 is 1.34. The van der Waals surface area contributed by atoms with E-state index in [1.807, 2.05) is 20.8 Å². The second-order valence-electron chi connectivity index (χ2n) is 7.54. The number of Topliss-reactive ketones (excluding diaryl/α,β-unsaturated/α-hetero) is 1. The van der Waals surface area contributed by atoms with Crippen molar-refractivity contribution < 1.29 is 24.2 Å². The second-order valence-corrected chi connectivity index (χ2v) is 8.72. The summed E-state index contributed by atoms with van der Waals surface area (Å²) in [6.07, 6.45) is 0. The predicted octanol–water partition coefficient (Wildman–Crippen LogP) is 4.79. The van der Waals surface area contributed by atoms with E-state index in [0.717, 1.165) is 10.6 Å². The number of ether oxygens (including phenoxy) is 2. The zero-order valence-electron chi connectivity index (χ0n) is 18.8. The van der Waals surface area contributed by atoms with E-state index in [9.17, 15) is 14.7 Å². The lowest BCUT2D eigenvalue weighted by molar-refractivity contribution is -0.132. The van der Waals surface area contributed by atoms with Gasteiger partial charge in [0.1, 0.15) is 17.3 Å². The number of benzene rings is 2. The Balaban J connectivity index is 1.88. The first-order valence-electron chi connectivity index (χ1n) is 10.5. The largest absolute Gasteiger partial charge is 0.507 e. The Kier molecular flexibility index (Phi) is 6.20. The summed E-state index contributed by atoms with van der Waals surface area (Å²) in [5, 5.41) is 11.6. The van der Waals surface area contributed by atoms with Crippen molar-refractivity contribution in [3.05, 3.63) is 75.8 Å². The molecule has 2 aromatic carbocycles. The number of rotatable bonds is 6. The van der Waals surface area contributed by atoms with Crippen molar-refractivity contribution >= 4 is 33.9 Å². The van der Waals surface area contributed by atoms with Crippen LogP contribution in [0.15, 0.2) is 54.1 Å². The van der Waals surface area contributed by atoms with Crippen LogP contribution in [-0.4, -0.2) is 35.5 Å². The van der Waals surface area contributed by atoms with E-state index in [2.05, 4.69) is 4.98 Å². The fraction of sp³-hybridized carbons (Fsp3) is 0.240. The van der Waals surface area contributed by atoms with E-state index in [4.69, 9.17) is 9.47 Å². The number of nitrogens with zero attached hydrogens (tertiary/aromatic N) is 2. The normalized spacial score (nSPS) is 17.5. The summed E-state index contributed by atoms with van der Waals surface area (Å²) in [4.78, 5) is 33.2. The van der Waals surface area contributed by atoms with Crippen LogP contribution in [0.2, 0.25) is 0 Å². The predicted molar refractivity (Wildman–Crippen MR) is 127 cm³/mol. The summed E-state index contributed by atoms with van der Waals surface area (Å²) in [6, 6.07) is 13.0. The third-order valence-electron chi connectivity index (χ3n) is 5.54. The number of hydrogen-bond donors (Lipinski definition) is 1. The van der Waals surface area contributed by atoms with Crippen LogP contribution in [0, 0.1) is 13.8 Å². The summed E-state index contributed by atoms with van der Waals surface area (Å²) in [6.45, 7) is 6.16. The van der Waals surface area contributed by atoms with E-state index in [0.29, 0.717) is 34.4 Å². The molecule has 1 fully saturated rings. The number of aromatic nitrogens is 1. The molecule has 1 N–H and O–H groups in total. The smallest absolute Gasteiger partial charge is 0.301 e. The fourth-order valence-electron chi connectivity index (χ4n) is 3.72. The maximum atomic E-state index is 13.2. The molecule has 1 aromatic heterocycles. The molecular formula is C25H24N2O5S. The quantitative estimate of drug-likeness (QED) is 0.320. The van der Waals surface area contributed by atoms with Crippen molar-refractivity contribution in [2.75, 3.05) is 18.6 Å². The molecule has 0 saturated carbocycles. The topological polar surface area (TPSA) is 89.0 Å². The first-order chi connectivity index (χ1) is 15.8. The van der Waals surface area contributed by atoms with Gasteiger partial charge in [-0.1, -0.05) is 12.1 Å². The van der Waals surface area contributed by atoms with Gasteiger partial charge in [-0.15, -0.1) is 11.3 Å². The Hall–Kier alpha value is -3.65. The molecule has 0 bridgehead atoms. The Morgan fingerprint density at radius 3 is 2.24 bits per heavy atom. The highest BCUT2D eigenvalue weighted by Crippen LogP contribution is 2.44. The number of methoxy groups -OCH3 is 1. The van der Waals surface area contributed by atoms with Crippen molar-refractivity contribution in [1.29, 1.82) is 0 Å². The standard InChI is InChI=1S/C25H24N2O5S/c1-5-32-19-12-8-17(9-13-19)22(28)20-21(16-6-10-18(31-4)11-7-16)27(24(30)23(20)29)25-26-14(2)15(3)33-25/h6-13,21,28H,5H2,1-4H3/b22-20+. The Morgan fingerprint density at radius 2 is 1.70 bits per heavy atom. The lowest BCUT2D eigenvalue weighted by Gasteiger charge is -2.23. The number of anilines is 1. The molecule has 0 aliphatic carbocycles. The molecule has 8 heteroatoms. The number of aryl methyl sites for hydroxylation is 2. The van der Waals surface area contributed by atoms with Gasteiger partial charge >= 0.3 is 5.91 Å². The van der Waals surface area contributed by atoms with E-state index >= 15 is 0 Å². The average Bonchev–Trinajstić information content (AvgIpc) is 3.29. The van der Waals surface area contributed by atoms with Crippen LogP contribution in [0.4, 0.5) is 5.13 Å². The molecule has 1 saturated heterocycles. The number of aliphatic hydroxyl groups is 1. The fourth-order valence-corrected chi connectivity index (χ4v) is 4.66. The van der Waals surface area contributed by atoms with Crippen molar-refractivity contribution in [3.63, 3.8) is 0 Å². The van der Waals surface area contributed by atoms with E-state index in [1.54, 1.807) is 55.6 Å². The van der Waals surface area contributed by atoms with Crippen LogP contribution in [0.3, 0.4) is 0 Å². The molecule has 0 radical (unpaired) electrons. The minimum atomic E-state index is -0.826. The molecule has 0 spiro atoms. The Bertz CT molecular complexity index is 1210.